The second-order valence-corrected chi connectivity index (χ2v) is 10.9. The molecule has 0 bridgehead atoms. The second kappa shape index (κ2) is 8.17. The van der Waals surface area contributed by atoms with E-state index in [0.29, 0.717) is 0 Å². The van der Waals surface area contributed by atoms with Gasteiger partial charge in [-0.05, 0) is 51.8 Å². The van der Waals surface area contributed by atoms with Crippen molar-refractivity contribution in [3.8, 4) is 22.3 Å². The number of hydrogen-bond acceptors (Lipinski definition) is 1. The molecule has 0 aliphatic heterocycles. The van der Waals surface area contributed by atoms with Gasteiger partial charge >= 0.3 is 0 Å². The first kappa shape index (κ1) is 20.7. The molecule has 0 heterocycles. The maximum absolute atomic E-state index is 2.43. The Morgan fingerprint density at radius 3 is 1.46 bits per heavy atom. The lowest BCUT2D eigenvalue weighted by atomic mass is 9.79. The third-order valence-electron chi connectivity index (χ3n) is 5.33. The van der Waals surface area contributed by atoms with Crippen LogP contribution < -0.4 is 0 Å². The molecule has 3 aromatic rings. The van der Waals surface area contributed by atoms with Gasteiger partial charge < -0.3 is 0 Å². The fraction of sp³-hybridized carbons (Fsp3) is 0.333. The molecule has 3 rings (SSSR count). The van der Waals surface area contributed by atoms with Crippen LogP contribution in [-0.4, -0.2) is 4.75 Å². The molecular weight excluding hydrogens is 356 g/mol. The lowest BCUT2D eigenvalue weighted by Crippen LogP contribution is -2.16. The van der Waals surface area contributed by atoms with Gasteiger partial charge in [0.2, 0.25) is 0 Å². The SMILES string of the molecule is CCC(C)(C)c1cc(-c2ccccc2)c(SC(C)(C)C)c(-c2ccccc2)c1. The standard InChI is InChI=1S/C27H32S/c1-7-27(5,6)22-18-23(20-14-10-8-11-15-20)25(28-26(2,3)4)24(19-22)21-16-12-9-13-17-21/h8-19H,7H2,1-6H3. The van der Waals surface area contributed by atoms with E-state index in [1.165, 1.54) is 32.7 Å². The molecule has 1 heteroatoms. The highest BCUT2D eigenvalue weighted by atomic mass is 32.2. The van der Waals surface area contributed by atoms with E-state index in [4.69, 9.17) is 0 Å². The van der Waals surface area contributed by atoms with Crippen molar-refractivity contribution in [2.45, 2.75) is 63.0 Å². The topological polar surface area (TPSA) is 0 Å². The van der Waals surface area contributed by atoms with Crippen LogP contribution in [0.4, 0.5) is 0 Å². The highest BCUT2D eigenvalue weighted by Crippen LogP contribution is 2.46. The van der Waals surface area contributed by atoms with Crippen molar-refractivity contribution < 1.29 is 0 Å². The van der Waals surface area contributed by atoms with Gasteiger partial charge in [-0.15, -0.1) is 11.8 Å². The predicted octanol–water partition coefficient (Wildman–Crippen LogP) is 8.60. The van der Waals surface area contributed by atoms with Crippen molar-refractivity contribution in [2.24, 2.45) is 0 Å². The van der Waals surface area contributed by atoms with Crippen LogP contribution in [0.25, 0.3) is 22.3 Å². The normalized spacial score (nSPS) is 12.2. The van der Waals surface area contributed by atoms with E-state index in [1.54, 1.807) is 0 Å². The summed E-state index contributed by atoms with van der Waals surface area (Å²) in [4.78, 5) is 1.38. The van der Waals surface area contributed by atoms with Crippen molar-refractivity contribution >= 4 is 11.8 Å². The zero-order valence-electron chi connectivity index (χ0n) is 18.0. The molecule has 0 atom stereocenters. The Balaban J connectivity index is 2.36. The molecule has 0 radical (unpaired) electrons. The Morgan fingerprint density at radius 1 is 0.679 bits per heavy atom. The minimum absolute atomic E-state index is 0.134. The fourth-order valence-corrected chi connectivity index (χ4v) is 4.49. The van der Waals surface area contributed by atoms with E-state index in [0.717, 1.165) is 6.42 Å². The maximum Gasteiger partial charge on any atom is 0.0234 e. The molecule has 0 aromatic heterocycles. The van der Waals surface area contributed by atoms with Gasteiger partial charge in [-0.3, -0.25) is 0 Å². The Hall–Kier alpha value is -1.99. The number of benzene rings is 3. The third-order valence-corrected chi connectivity index (χ3v) is 6.59. The first-order valence-electron chi connectivity index (χ1n) is 10.2. The van der Waals surface area contributed by atoms with E-state index >= 15 is 0 Å². The van der Waals surface area contributed by atoms with Crippen LogP contribution in [-0.2, 0) is 5.41 Å². The highest BCUT2D eigenvalue weighted by Gasteiger charge is 2.25. The summed E-state index contributed by atoms with van der Waals surface area (Å²) in [6, 6.07) is 26.6. The fourth-order valence-electron chi connectivity index (χ4n) is 3.30. The number of hydrogen-bond donors (Lipinski definition) is 0. The summed E-state index contributed by atoms with van der Waals surface area (Å²) >= 11 is 1.97. The van der Waals surface area contributed by atoms with E-state index < -0.39 is 0 Å². The van der Waals surface area contributed by atoms with E-state index in [9.17, 15) is 0 Å². The molecule has 0 unspecified atom stereocenters. The molecule has 0 aliphatic carbocycles. The van der Waals surface area contributed by atoms with Crippen molar-refractivity contribution in [3.63, 3.8) is 0 Å². The lowest BCUT2D eigenvalue weighted by Gasteiger charge is -2.29. The molecule has 0 fully saturated rings. The summed E-state index contributed by atoms with van der Waals surface area (Å²) < 4.78 is 0.134. The zero-order valence-corrected chi connectivity index (χ0v) is 18.9. The molecule has 0 aliphatic rings. The van der Waals surface area contributed by atoms with Gasteiger partial charge in [-0.2, -0.15) is 0 Å². The van der Waals surface area contributed by atoms with Gasteiger partial charge in [0.25, 0.3) is 0 Å². The molecule has 0 N–H and O–H groups in total. The van der Waals surface area contributed by atoms with Crippen molar-refractivity contribution in [2.75, 3.05) is 0 Å². The lowest BCUT2D eigenvalue weighted by molar-refractivity contribution is 0.506. The monoisotopic (exact) mass is 388 g/mol. The number of thioether (sulfide) groups is 1. The molecule has 0 saturated heterocycles. The Kier molecular flexibility index (Phi) is 6.05. The molecule has 0 saturated carbocycles. The summed E-state index contributed by atoms with van der Waals surface area (Å²) in [6.45, 7) is 13.9. The van der Waals surface area contributed by atoms with Crippen LogP contribution in [0.1, 0.15) is 53.5 Å². The van der Waals surface area contributed by atoms with Crippen LogP contribution in [0.15, 0.2) is 77.7 Å². The minimum Gasteiger partial charge on any atom is -0.119 e. The van der Waals surface area contributed by atoms with Crippen LogP contribution >= 0.6 is 11.8 Å². The molecule has 0 spiro atoms. The predicted molar refractivity (Wildman–Crippen MR) is 126 cm³/mol. The summed E-state index contributed by atoms with van der Waals surface area (Å²) in [7, 11) is 0. The van der Waals surface area contributed by atoms with E-state index in [1.807, 2.05) is 11.8 Å². The summed E-state index contributed by atoms with van der Waals surface area (Å²) in [5, 5.41) is 0. The smallest absolute Gasteiger partial charge is 0.0234 e. The van der Waals surface area contributed by atoms with Crippen LogP contribution in [0.2, 0.25) is 0 Å². The summed E-state index contributed by atoms with van der Waals surface area (Å²) in [5.74, 6) is 0. The average molecular weight is 389 g/mol. The van der Waals surface area contributed by atoms with Crippen molar-refractivity contribution in [3.05, 3.63) is 78.4 Å². The van der Waals surface area contributed by atoms with Crippen LogP contribution in [0.3, 0.4) is 0 Å². The Bertz CT molecular complexity index is 855. The molecule has 28 heavy (non-hydrogen) atoms. The molecule has 0 nitrogen and oxygen atoms in total. The first-order valence-corrected chi connectivity index (χ1v) is 11.0. The molecule has 0 amide bonds. The maximum atomic E-state index is 2.43. The van der Waals surface area contributed by atoms with E-state index in [-0.39, 0.29) is 10.2 Å². The largest absolute Gasteiger partial charge is 0.119 e. The van der Waals surface area contributed by atoms with Crippen LogP contribution in [0.5, 0.6) is 0 Å². The van der Waals surface area contributed by atoms with Gasteiger partial charge in [0.1, 0.15) is 0 Å². The van der Waals surface area contributed by atoms with Gasteiger partial charge in [-0.1, -0.05) is 102 Å². The van der Waals surface area contributed by atoms with Gasteiger partial charge in [0, 0.05) is 9.64 Å². The Morgan fingerprint density at radius 2 is 1.11 bits per heavy atom. The molecule has 146 valence electrons. The summed E-state index contributed by atoms with van der Waals surface area (Å²) in [5.41, 5.74) is 6.82. The Labute approximate surface area is 175 Å². The number of rotatable bonds is 5. The first-order chi connectivity index (χ1) is 13.2. The molecular formula is C27H32S. The highest BCUT2D eigenvalue weighted by molar-refractivity contribution is 8.00. The second-order valence-electron chi connectivity index (χ2n) is 9.08. The third kappa shape index (κ3) is 4.70. The van der Waals surface area contributed by atoms with Crippen molar-refractivity contribution in [1.82, 2.24) is 0 Å². The van der Waals surface area contributed by atoms with Crippen molar-refractivity contribution in [1.29, 1.82) is 0 Å². The average Bonchev–Trinajstić information content (AvgIpc) is 2.68. The molecule has 3 aromatic carbocycles. The van der Waals surface area contributed by atoms with Gasteiger partial charge in [0.15, 0.2) is 0 Å². The summed E-state index contributed by atoms with van der Waals surface area (Å²) in [6.07, 6.45) is 1.11. The van der Waals surface area contributed by atoms with Crippen LogP contribution in [0, 0.1) is 0 Å². The quantitative estimate of drug-likeness (QED) is 0.394. The van der Waals surface area contributed by atoms with Gasteiger partial charge in [0.05, 0.1) is 0 Å². The van der Waals surface area contributed by atoms with Gasteiger partial charge in [-0.25, -0.2) is 0 Å². The van der Waals surface area contributed by atoms with E-state index in [2.05, 4.69) is 114 Å². The zero-order chi connectivity index (χ0) is 20.4. The minimum atomic E-state index is 0.134.